The molecule has 0 unspecified atom stereocenters. The summed E-state index contributed by atoms with van der Waals surface area (Å²) < 4.78 is 18.8. The zero-order valence-electron chi connectivity index (χ0n) is 16.9. The third kappa shape index (κ3) is 6.70. The summed E-state index contributed by atoms with van der Waals surface area (Å²) in [6.07, 6.45) is 0.516. The van der Waals surface area contributed by atoms with Gasteiger partial charge in [0.25, 0.3) is 0 Å². The molecule has 1 saturated heterocycles. The first-order valence-electron chi connectivity index (χ1n) is 9.69. The van der Waals surface area contributed by atoms with Gasteiger partial charge in [0, 0.05) is 38.2 Å². The van der Waals surface area contributed by atoms with Gasteiger partial charge in [-0.3, -0.25) is 16.0 Å². The smallest absolute Gasteiger partial charge is 0.413 e. The largest absolute Gasteiger partial charge is 0.428 e. The molecular formula is C22H29ClFN3O2. The maximum absolute atomic E-state index is 13.3. The minimum Gasteiger partial charge on any atom is -0.428 e. The Morgan fingerprint density at radius 3 is 2.45 bits per heavy atom. The molecule has 0 aliphatic carbocycles. The molecule has 29 heavy (non-hydrogen) atoms. The lowest BCUT2D eigenvalue weighted by molar-refractivity contribution is -0.0269. The summed E-state index contributed by atoms with van der Waals surface area (Å²) in [7, 11) is 0. The molecule has 1 fully saturated rings. The summed E-state index contributed by atoms with van der Waals surface area (Å²) in [5.41, 5.74) is 8.12. The van der Waals surface area contributed by atoms with Crippen molar-refractivity contribution in [2.45, 2.75) is 44.9 Å². The van der Waals surface area contributed by atoms with Crippen LogP contribution in [0.1, 0.15) is 43.7 Å². The van der Waals surface area contributed by atoms with Crippen molar-refractivity contribution in [2.24, 2.45) is 5.73 Å². The number of hydrogen-bond donors (Lipinski definition) is 2. The Balaban J connectivity index is 0.00000300. The van der Waals surface area contributed by atoms with Gasteiger partial charge in [0.2, 0.25) is 0 Å². The quantitative estimate of drug-likeness (QED) is 0.676. The highest BCUT2D eigenvalue weighted by atomic mass is 35.5. The fourth-order valence-corrected chi connectivity index (χ4v) is 3.36. The van der Waals surface area contributed by atoms with Gasteiger partial charge >= 0.3 is 6.09 Å². The number of rotatable bonds is 5. The molecular weight excluding hydrogens is 393 g/mol. The molecule has 1 heterocycles. The van der Waals surface area contributed by atoms with Crippen LogP contribution >= 0.6 is 12.4 Å². The van der Waals surface area contributed by atoms with Crippen molar-refractivity contribution < 1.29 is 13.9 Å². The van der Waals surface area contributed by atoms with Gasteiger partial charge in [0.15, 0.2) is 5.72 Å². The van der Waals surface area contributed by atoms with Crippen LogP contribution in [0.4, 0.5) is 14.9 Å². The van der Waals surface area contributed by atoms with Crippen molar-refractivity contribution in [3.05, 3.63) is 65.5 Å². The summed E-state index contributed by atoms with van der Waals surface area (Å²) in [6.45, 7) is 6.26. The normalized spacial score (nSPS) is 16.2. The number of carbonyl (C=O) groups excluding carboxylic acids is 1. The number of nitrogens with zero attached hydrogens (tertiary/aromatic N) is 1. The second kappa shape index (κ2) is 10.1. The maximum atomic E-state index is 13.3. The fraction of sp³-hybridized carbons (Fsp3) is 0.409. The molecule has 0 saturated carbocycles. The Kier molecular flexibility index (Phi) is 8.02. The van der Waals surface area contributed by atoms with Crippen molar-refractivity contribution in [3.63, 3.8) is 0 Å². The SMILES string of the molecule is CC(C)c1ccc(NC(=O)OC2(N)CCN(Cc3cccc(F)c3)CC2)cc1.Cl. The Labute approximate surface area is 177 Å². The molecule has 1 aliphatic heterocycles. The van der Waals surface area contributed by atoms with E-state index in [4.69, 9.17) is 10.5 Å². The van der Waals surface area contributed by atoms with E-state index in [1.807, 2.05) is 30.3 Å². The minimum absolute atomic E-state index is 0. The van der Waals surface area contributed by atoms with E-state index < -0.39 is 11.8 Å². The van der Waals surface area contributed by atoms with E-state index in [9.17, 15) is 9.18 Å². The van der Waals surface area contributed by atoms with Gasteiger partial charge in [0.1, 0.15) is 5.82 Å². The van der Waals surface area contributed by atoms with Crippen LogP contribution in [0, 0.1) is 5.82 Å². The van der Waals surface area contributed by atoms with E-state index in [1.54, 1.807) is 12.1 Å². The number of benzene rings is 2. The molecule has 2 aromatic carbocycles. The summed E-state index contributed by atoms with van der Waals surface area (Å²) in [5, 5.41) is 2.74. The number of likely N-dealkylation sites (tertiary alicyclic amines) is 1. The van der Waals surface area contributed by atoms with Gasteiger partial charge in [-0.25, -0.2) is 9.18 Å². The number of piperidine rings is 1. The number of carbonyl (C=O) groups is 1. The zero-order chi connectivity index (χ0) is 20.1. The van der Waals surface area contributed by atoms with Crippen LogP contribution < -0.4 is 11.1 Å². The molecule has 0 bridgehead atoms. The van der Waals surface area contributed by atoms with E-state index in [0.29, 0.717) is 44.1 Å². The third-order valence-electron chi connectivity index (χ3n) is 5.12. The Hall–Kier alpha value is -2.15. The van der Waals surface area contributed by atoms with Crippen molar-refractivity contribution in [3.8, 4) is 0 Å². The predicted molar refractivity (Wildman–Crippen MR) is 116 cm³/mol. The van der Waals surface area contributed by atoms with Crippen LogP contribution in [-0.4, -0.2) is 29.8 Å². The lowest BCUT2D eigenvalue weighted by atomic mass is 10.0. The van der Waals surface area contributed by atoms with Crippen LogP contribution in [0.2, 0.25) is 0 Å². The molecule has 3 rings (SSSR count). The lowest BCUT2D eigenvalue weighted by Gasteiger charge is -2.38. The second-order valence-electron chi connectivity index (χ2n) is 7.76. The van der Waals surface area contributed by atoms with Crippen LogP contribution in [0.15, 0.2) is 48.5 Å². The van der Waals surface area contributed by atoms with Crippen LogP contribution in [0.5, 0.6) is 0 Å². The zero-order valence-corrected chi connectivity index (χ0v) is 17.7. The molecule has 0 spiro atoms. The number of nitrogens with two attached hydrogens (primary N) is 1. The average molecular weight is 422 g/mol. The molecule has 158 valence electrons. The molecule has 0 aromatic heterocycles. The number of hydrogen-bond acceptors (Lipinski definition) is 4. The molecule has 1 amide bonds. The van der Waals surface area contributed by atoms with Gasteiger partial charge in [-0.1, -0.05) is 38.1 Å². The average Bonchev–Trinajstić information content (AvgIpc) is 2.64. The number of ether oxygens (including phenoxy) is 1. The van der Waals surface area contributed by atoms with Gasteiger partial charge in [-0.2, -0.15) is 0 Å². The summed E-state index contributed by atoms with van der Waals surface area (Å²) in [4.78, 5) is 14.4. The highest BCUT2D eigenvalue weighted by Crippen LogP contribution is 2.24. The second-order valence-corrected chi connectivity index (χ2v) is 7.76. The van der Waals surface area contributed by atoms with E-state index in [-0.39, 0.29) is 18.2 Å². The standard InChI is InChI=1S/C22H28FN3O2.ClH/c1-16(2)18-6-8-20(9-7-18)25-21(27)28-22(24)10-12-26(13-11-22)15-17-4-3-5-19(23)14-17;/h3-9,14,16H,10-13,15,24H2,1-2H3,(H,25,27);1H. The first-order valence-corrected chi connectivity index (χ1v) is 9.69. The van der Waals surface area contributed by atoms with E-state index in [0.717, 1.165) is 5.56 Å². The molecule has 3 N–H and O–H groups in total. The Morgan fingerprint density at radius 2 is 1.86 bits per heavy atom. The van der Waals surface area contributed by atoms with Gasteiger partial charge < -0.3 is 4.74 Å². The highest BCUT2D eigenvalue weighted by molar-refractivity contribution is 5.85. The minimum atomic E-state index is -0.986. The van der Waals surface area contributed by atoms with Crippen molar-refractivity contribution >= 4 is 24.2 Å². The number of nitrogens with one attached hydrogen (secondary N) is 1. The molecule has 7 heteroatoms. The monoisotopic (exact) mass is 421 g/mol. The third-order valence-corrected chi connectivity index (χ3v) is 5.12. The topological polar surface area (TPSA) is 67.6 Å². The first kappa shape index (κ1) is 23.1. The number of anilines is 1. The van der Waals surface area contributed by atoms with E-state index in [2.05, 4.69) is 24.1 Å². The predicted octanol–water partition coefficient (Wildman–Crippen LogP) is 4.87. The molecule has 0 atom stereocenters. The number of halogens is 2. The summed E-state index contributed by atoms with van der Waals surface area (Å²) >= 11 is 0. The molecule has 2 aromatic rings. The van der Waals surface area contributed by atoms with Crippen molar-refractivity contribution in [1.82, 2.24) is 4.90 Å². The van der Waals surface area contributed by atoms with Crippen LogP contribution in [0.25, 0.3) is 0 Å². The fourth-order valence-electron chi connectivity index (χ4n) is 3.36. The van der Waals surface area contributed by atoms with E-state index in [1.165, 1.54) is 11.6 Å². The maximum Gasteiger partial charge on any atom is 0.413 e. The highest BCUT2D eigenvalue weighted by Gasteiger charge is 2.34. The van der Waals surface area contributed by atoms with Crippen molar-refractivity contribution in [2.75, 3.05) is 18.4 Å². The van der Waals surface area contributed by atoms with Crippen LogP contribution in [-0.2, 0) is 11.3 Å². The Morgan fingerprint density at radius 1 is 1.21 bits per heavy atom. The van der Waals surface area contributed by atoms with Gasteiger partial charge in [0.05, 0.1) is 0 Å². The first-order chi connectivity index (χ1) is 13.3. The molecule has 1 aliphatic rings. The lowest BCUT2D eigenvalue weighted by Crippen LogP contribution is -2.53. The Bertz CT molecular complexity index is 806. The molecule has 5 nitrogen and oxygen atoms in total. The van der Waals surface area contributed by atoms with E-state index >= 15 is 0 Å². The molecule has 0 radical (unpaired) electrons. The van der Waals surface area contributed by atoms with Crippen LogP contribution in [0.3, 0.4) is 0 Å². The van der Waals surface area contributed by atoms with Crippen molar-refractivity contribution in [1.29, 1.82) is 0 Å². The van der Waals surface area contributed by atoms with Gasteiger partial charge in [-0.15, -0.1) is 12.4 Å². The number of amides is 1. The summed E-state index contributed by atoms with van der Waals surface area (Å²) in [5.74, 6) is 0.204. The van der Waals surface area contributed by atoms with Gasteiger partial charge in [-0.05, 0) is 41.3 Å². The summed E-state index contributed by atoms with van der Waals surface area (Å²) in [6, 6.07) is 14.3.